The van der Waals surface area contributed by atoms with Crippen molar-refractivity contribution in [3.8, 4) is 0 Å². The zero-order valence-electron chi connectivity index (χ0n) is 11.8. The number of nitrogens with two attached hydrogens (primary N) is 1. The van der Waals surface area contributed by atoms with E-state index in [2.05, 4.69) is 17.1 Å². The van der Waals surface area contributed by atoms with Crippen LogP contribution in [0.4, 0.5) is 17.1 Å². The molecule has 0 radical (unpaired) electrons. The maximum absolute atomic E-state index is 10.8. The summed E-state index contributed by atoms with van der Waals surface area (Å²) in [6.45, 7) is 6.42. The van der Waals surface area contributed by atoms with Crippen LogP contribution in [-0.2, 0) is 0 Å². The number of nitro benzene ring substituents is 1. The smallest absolute Gasteiger partial charge is 0.273 e. The van der Waals surface area contributed by atoms with Gasteiger partial charge in [0.1, 0.15) is 0 Å². The zero-order chi connectivity index (χ0) is 14.5. The van der Waals surface area contributed by atoms with E-state index in [9.17, 15) is 10.1 Å². The van der Waals surface area contributed by atoms with Gasteiger partial charge in [-0.25, -0.2) is 0 Å². The van der Waals surface area contributed by atoms with Crippen LogP contribution in [0.3, 0.4) is 0 Å². The Kier molecular flexibility index (Phi) is 4.79. The fourth-order valence-electron chi connectivity index (χ4n) is 2.60. The quantitative estimate of drug-likeness (QED) is 0.474. The van der Waals surface area contributed by atoms with E-state index in [1.54, 1.807) is 6.07 Å². The van der Waals surface area contributed by atoms with E-state index in [1.165, 1.54) is 38.1 Å². The zero-order valence-corrected chi connectivity index (χ0v) is 11.8. The monoisotopic (exact) mass is 278 g/mol. The summed E-state index contributed by atoms with van der Waals surface area (Å²) in [5.74, 6) is 0.494. The molecule has 0 spiro atoms. The largest absolute Gasteiger partial charge is 0.398 e. The predicted molar refractivity (Wildman–Crippen MR) is 80.8 cm³/mol. The highest BCUT2D eigenvalue weighted by Crippen LogP contribution is 2.22. The van der Waals surface area contributed by atoms with Crippen molar-refractivity contribution in [2.45, 2.75) is 19.8 Å². The van der Waals surface area contributed by atoms with Gasteiger partial charge in [0.15, 0.2) is 0 Å². The van der Waals surface area contributed by atoms with Crippen LogP contribution < -0.4 is 11.1 Å². The van der Waals surface area contributed by atoms with Crippen LogP contribution in [0.1, 0.15) is 19.8 Å². The second kappa shape index (κ2) is 6.56. The summed E-state index contributed by atoms with van der Waals surface area (Å²) in [7, 11) is 0. The molecule has 1 heterocycles. The minimum absolute atomic E-state index is 0.0275. The standard InChI is InChI=1S/C14H22N4O2/c1-11(10-17-4-2-3-5-17)9-16-13-6-12(15)7-14(8-13)18(19)20/h6-8,11,16H,2-5,9-10,15H2,1H3. The third-order valence-electron chi connectivity index (χ3n) is 3.57. The van der Waals surface area contributed by atoms with E-state index >= 15 is 0 Å². The van der Waals surface area contributed by atoms with Gasteiger partial charge < -0.3 is 16.0 Å². The molecule has 1 aliphatic heterocycles. The molecule has 1 unspecified atom stereocenters. The summed E-state index contributed by atoms with van der Waals surface area (Å²) in [6, 6.07) is 4.63. The van der Waals surface area contributed by atoms with Crippen molar-refractivity contribution >= 4 is 17.1 Å². The second-order valence-corrected chi connectivity index (χ2v) is 5.56. The van der Waals surface area contributed by atoms with Gasteiger partial charge in [-0.3, -0.25) is 10.1 Å². The fraction of sp³-hybridized carbons (Fsp3) is 0.571. The molecular weight excluding hydrogens is 256 g/mol. The molecule has 20 heavy (non-hydrogen) atoms. The van der Waals surface area contributed by atoms with Crippen LogP contribution in [0.2, 0.25) is 0 Å². The number of rotatable bonds is 6. The van der Waals surface area contributed by atoms with E-state index in [0.29, 0.717) is 17.3 Å². The van der Waals surface area contributed by atoms with Gasteiger partial charge in [0.25, 0.3) is 5.69 Å². The van der Waals surface area contributed by atoms with E-state index in [4.69, 9.17) is 5.73 Å². The molecule has 1 atom stereocenters. The first-order valence-electron chi connectivity index (χ1n) is 7.06. The lowest BCUT2D eigenvalue weighted by Gasteiger charge is -2.20. The average molecular weight is 278 g/mol. The molecule has 0 amide bonds. The molecule has 0 saturated carbocycles. The highest BCUT2D eigenvalue weighted by Gasteiger charge is 2.15. The Bertz CT molecular complexity index is 472. The van der Waals surface area contributed by atoms with Gasteiger partial charge >= 0.3 is 0 Å². The van der Waals surface area contributed by atoms with Crippen LogP contribution in [0.15, 0.2) is 18.2 Å². The average Bonchev–Trinajstić information content (AvgIpc) is 2.88. The van der Waals surface area contributed by atoms with E-state index in [1.807, 2.05) is 0 Å². The number of hydrogen-bond donors (Lipinski definition) is 2. The van der Waals surface area contributed by atoms with Crippen molar-refractivity contribution in [3.63, 3.8) is 0 Å². The van der Waals surface area contributed by atoms with Crippen LogP contribution in [0.5, 0.6) is 0 Å². The molecular formula is C14H22N4O2. The third-order valence-corrected chi connectivity index (χ3v) is 3.57. The Labute approximate surface area is 119 Å². The second-order valence-electron chi connectivity index (χ2n) is 5.56. The van der Waals surface area contributed by atoms with Crippen molar-refractivity contribution in [1.29, 1.82) is 0 Å². The Morgan fingerprint density at radius 1 is 1.40 bits per heavy atom. The topological polar surface area (TPSA) is 84.4 Å². The number of nitrogens with one attached hydrogen (secondary N) is 1. The van der Waals surface area contributed by atoms with E-state index in [0.717, 1.165) is 13.1 Å². The Morgan fingerprint density at radius 3 is 2.75 bits per heavy atom. The number of hydrogen-bond acceptors (Lipinski definition) is 5. The van der Waals surface area contributed by atoms with Crippen LogP contribution in [0, 0.1) is 16.0 Å². The SMILES string of the molecule is CC(CNc1cc(N)cc([N+](=O)[O-])c1)CN1CCCC1. The molecule has 6 heteroatoms. The number of nitro groups is 1. The lowest BCUT2D eigenvalue weighted by molar-refractivity contribution is -0.384. The van der Waals surface area contributed by atoms with Gasteiger partial charge in [-0.2, -0.15) is 0 Å². The Hall–Kier alpha value is -1.82. The van der Waals surface area contributed by atoms with Gasteiger partial charge in [0, 0.05) is 36.6 Å². The first-order valence-corrected chi connectivity index (χ1v) is 7.06. The van der Waals surface area contributed by atoms with Crippen molar-refractivity contribution in [2.24, 2.45) is 5.92 Å². The van der Waals surface area contributed by atoms with Gasteiger partial charge in [-0.1, -0.05) is 6.92 Å². The highest BCUT2D eigenvalue weighted by atomic mass is 16.6. The summed E-state index contributed by atoms with van der Waals surface area (Å²) in [4.78, 5) is 12.8. The van der Waals surface area contributed by atoms with Crippen molar-refractivity contribution in [1.82, 2.24) is 4.90 Å². The first-order chi connectivity index (χ1) is 9.54. The molecule has 1 aromatic rings. The van der Waals surface area contributed by atoms with Gasteiger partial charge in [0.2, 0.25) is 0 Å². The fourth-order valence-corrected chi connectivity index (χ4v) is 2.60. The third kappa shape index (κ3) is 4.09. The van der Waals surface area contributed by atoms with Crippen LogP contribution >= 0.6 is 0 Å². The molecule has 0 aromatic heterocycles. The Balaban J connectivity index is 1.87. The molecule has 2 rings (SSSR count). The van der Waals surface area contributed by atoms with Gasteiger partial charge in [-0.15, -0.1) is 0 Å². The maximum atomic E-state index is 10.8. The minimum atomic E-state index is -0.421. The van der Waals surface area contributed by atoms with Crippen molar-refractivity contribution in [3.05, 3.63) is 28.3 Å². The first kappa shape index (κ1) is 14.6. The van der Waals surface area contributed by atoms with Crippen molar-refractivity contribution in [2.75, 3.05) is 37.2 Å². The van der Waals surface area contributed by atoms with Crippen LogP contribution in [-0.4, -0.2) is 36.0 Å². The maximum Gasteiger partial charge on any atom is 0.273 e. The molecule has 1 aliphatic rings. The highest BCUT2D eigenvalue weighted by molar-refractivity contribution is 5.61. The summed E-state index contributed by atoms with van der Waals surface area (Å²) in [6.07, 6.45) is 2.59. The Morgan fingerprint density at radius 2 is 2.10 bits per heavy atom. The van der Waals surface area contributed by atoms with E-state index in [-0.39, 0.29) is 5.69 Å². The number of nitrogen functional groups attached to an aromatic ring is 1. The molecule has 1 saturated heterocycles. The normalized spacial score (nSPS) is 17.1. The molecule has 110 valence electrons. The molecule has 0 aliphatic carbocycles. The minimum Gasteiger partial charge on any atom is -0.398 e. The number of non-ortho nitro benzene ring substituents is 1. The number of benzene rings is 1. The van der Waals surface area contributed by atoms with Crippen LogP contribution in [0.25, 0.3) is 0 Å². The van der Waals surface area contributed by atoms with Gasteiger partial charge in [-0.05, 0) is 37.9 Å². The molecule has 0 bridgehead atoms. The predicted octanol–water partition coefficient (Wildman–Crippen LogP) is 2.32. The lowest BCUT2D eigenvalue weighted by Crippen LogP contribution is -2.28. The molecule has 6 nitrogen and oxygen atoms in total. The number of anilines is 2. The summed E-state index contributed by atoms with van der Waals surface area (Å²) in [5, 5.41) is 14.0. The summed E-state index contributed by atoms with van der Waals surface area (Å²) < 4.78 is 0. The number of nitrogens with zero attached hydrogens (tertiary/aromatic N) is 2. The summed E-state index contributed by atoms with van der Waals surface area (Å²) >= 11 is 0. The lowest BCUT2D eigenvalue weighted by atomic mass is 10.1. The van der Waals surface area contributed by atoms with E-state index < -0.39 is 4.92 Å². The molecule has 1 fully saturated rings. The molecule has 1 aromatic carbocycles. The molecule has 3 N–H and O–H groups in total. The number of likely N-dealkylation sites (tertiary alicyclic amines) is 1. The summed E-state index contributed by atoms with van der Waals surface area (Å²) in [5.41, 5.74) is 6.83. The van der Waals surface area contributed by atoms with Gasteiger partial charge in [0.05, 0.1) is 4.92 Å². The van der Waals surface area contributed by atoms with Crippen molar-refractivity contribution < 1.29 is 4.92 Å².